The van der Waals surface area contributed by atoms with Crippen molar-refractivity contribution in [1.29, 1.82) is 0 Å². The number of nitrogens with one attached hydrogen (secondary N) is 4. The molecule has 0 saturated carbocycles. The Morgan fingerprint density at radius 3 is 2.09 bits per heavy atom. The van der Waals surface area contributed by atoms with Gasteiger partial charge in [-0.05, 0) is 18.8 Å². The van der Waals surface area contributed by atoms with Crippen molar-refractivity contribution in [1.82, 2.24) is 25.9 Å². The number of aliphatic hydroxyl groups excluding tert-OH is 1. The molecule has 14 heteroatoms. The van der Waals surface area contributed by atoms with Crippen molar-refractivity contribution in [2.24, 2.45) is 11.7 Å². The molecule has 3 amide bonds. The highest BCUT2D eigenvalue weighted by atomic mass is 16.4. The summed E-state index contributed by atoms with van der Waals surface area (Å²) < 4.78 is 0. The van der Waals surface area contributed by atoms with E-state index in [1.165, 1.54) is 12.5 Å². The molecule has 1 aromatic heterocycles. The molecular formula is C20H32N6O8. The fourth-order valence-electron chi connectivity index (χ4n) is 2.95. The van der Waals surface area contributed by atoms with E-state index in [-0.39, 0.29) is 31.6 Å². The van der Waals surface area contributed by atoms with Crippen LogP contribution in [0, 0.1) is 5.92 Å². The minimum Gasteiger partial charge on any atom is -0.481 e. The van der Waals surface area contributed by atoms with Gasteiger partial charge in [0.2, 0.25) is 17.7 Å². The van der Waals surface area contributed by atoms with Crippen LogP contribution in [-0.4, -0.2) is 85.7 Å². The number of nitrogens with two attached hydrogens (primary N) is 1. The number of amides is 3. The lowest BCUT2D eigenvalue weighted by Crippen LogP contribution is -2.58. The van der Waals surface area contributed by atoms with E-state index < -0.39 is 60.4 Å². The number of aromatic nitrogens is 2. The summed E-state index contributed by atoms with van der Waals surface area (Å²) in [4.78, 5) is 66.6. The van der Waals surface area contributed by atoms with Crippen LogP contribution in [0.2, 0.25) is 0 Å². The standard InChI is InChI=1S/C20H32N6O8/c1-10(2)5-13(18(31)26-15(8-27)20(33)34)25-19(32)14(6-11-7-22-9-23-11)24-17(30)12(21)3-4-16(28)29/h7,9-10,12-15,27H,3-6,8,21H2,1-2H3,(H,22,23)(H,24,30)(H,25,32)(H,26,31)(H,28,29)(H,33,34). The summed E-state index contributed by atoms with van der Waals surface area (Å²) in [5.41, 5.74) is 6.23. The lowest BCUT2D eigenvalue weighted by atomic mass is 10.0. The molecule has 1 heterocycles. The number of nitrogens with zero attached hydrogens (tertiary/aromatic N) is 1. The van der Waals surface area contributed by atoms with Gasteiger partial charge >= 0.3 is 11.9 Å². The number of carboxylic acids is 2. The molecule has 1 aromatic rings. The average Bonchev–Trinajstić information content (AvgIpc) is 3.26. The molecule has 0 fully saturated rings. The van der Waals surface area contributed by atoms with E-state index in [0.717, 1.165) is 0 Å². The van der Waals surface area contributed by atoms with Crippen LogP contribution in [0.4, 0.5) is 0 Å². The van der Waals surface area contributed by atoms with Gasteiger partial charge in [0.05, 0.1) is 19.0 Å². The highest BCUT2D eigenvalue weighted by Crippen LogP contribution is 2.08. The fraction of sp³-hybridized carbons (Fsp3) is 0.600. The van der Waals surface area contributed by atoms with Crippen molar-refractivity contribution in [3.05, 3.63) is 18.2 Å². The Balaban J connectivity index is 3.00. The molecule has 0 spiro atoms. The summed E-state index contributed by atoms with van der Waals surface area (Å²) in [6, 6.07) is -5.07. The molecule has 0 aromatic carbocycles. The third kappa shape index (κ3) is 9.95. The summed E-state index contributed by atoms with van der Waals surface area (Å²) in [6.07, 6.45) is 2.45. The van der Waals surface area contributed by atoms with Gasteiger partial charge < -0.3 is 42.0 Å². The highest BCUT2D eigenvalue weighted by Gasteiger charge is 2.31. The second-order valence-electron chi connectivity index (χ2n) is 8.15. The van der Waals surface area contributed by atoms with E-state index in [4.69, 9.17) is 21.1 Å². The third-order valence-electron chi connectivity index (χ3n) is 4.76. The predicted molar refractivity (Wildman–Crippen MR) is 117 cm³/mol. The van der Waals surface area contributed by atoms with Gasteiger partial charge in [0.1, 0.15) is 18.1 Å². The summed E-state index contributed by atoms with van der Waals surface area (Å²) in [6.45, 7) is 2.74. The van der Waals surface area contributed by atoms with Crippen LogP contribution >= 0.6 is 0 Å². The smallest absolute Gasteiger partial charge is 0.328 e. The van der Waals surface area contributed by atoms with E-state index in [1.807, 2.05) is 0 Å². The fourth-order valence-corrected chi connectivity index (χ4v) is 2.95. The van der Waals surface area contributed by atoms with Crippen molar-refractivity contribution >= 4 is 29.7 Å². The number of aliphatic carboxylic acids is 2. The molecule has 0 aliphatic carbocycles. The summed E-state index contributed by atoms with van der Waals surface area (Å²) in [5, 5.41) is 34.1. The molecule has 0 aliphatic heterocycles. The largest absolute Gasteiger partial charge is 0.481 e. The summed E-state index contributed by atoms with van der Waals surface area (Å²) in [5.74, 6) is -4.95. The lowest BCUT2D eigenvalue weighted by molar-refractivity contribution is -0.143. The van der Waals surface area contributed by atoms with Crippen LogP contribution < -0.4 is 21.7 Å². The van der Waals surface area contributed by atoms with E-state index >= 15 is 0 Å². The Hall–Kier alpha value is -3.52. The maximum Gasteiger partial charge on any atom is 0.328 e. The first-order valence-corrected chi connectivity index (χ1v) is 10.6. The minimum absolute atomic E-state index is 0.0341. The van der Waals surface area contributed by atoms with Gasteiger partial charge in [0, 0.05) is 24.7 Å². The summed E-state index contributed by atoms with van der Waals surface area (Å²) in [7, 11) is 0. The van der Waals surface area contributed by atoms with Crippen molar-refractivity contribution in [2.45, 2.75) is 63.7 Å². The van der Waals surface area contributed by atoms with Crippen molar-refractivity contribution < 1.29 is 39.3 Å². The van der Waals surface area contributed by atoms with Crippen LogP contribution in [0.5, 0.6) is 0 Å². The number of carbonyl (C=O) groups is 5. The van der Waals surface area contributed by atoms with Crippen LogP contribution in [0.15, 0.2) is 12.5 Å². The van der Waals surface area contributed by atoms with E-state index in [0.29, 0.717) is 5.69 Å². The lowest BCUT2D eigenvalue weighted by Gasteiger charge is -2.25. The number of rotatable bonds is 15. The Kier molecular flexibility index (Phi) is 11.7. The van der Waals surface area contributed by atoms with Gasteiger partial charge in [-0.2, -0.15) is 0 Å². The molecule has 0 aliphatic rings. The number of carbonyl (C=O) groups excluding carboxylic acids is 3. The SMILES string of the molecule is CC(C)CC(NC(=O)C(Cc1cnc[nH]1)NC(=O)C(N)CCC(=O)O)C(=O)NC(CO)C(=O)O. The van der Waals surface area contributed by atoms with E-state index in [9.17, 15) is 24.0 Å². The molecule has 0 bridgehead atoms. The van der Waals surface area contributed by atoms with Gasteiger partial charge in [-0.15, -0.1) is 0 Å². The predicted octanol–water partition coefficient (Wildman–Crippen LogP) is -2.28. The Morgan fingerprint density at radius 1 is 1.00 bits per heavy atom. The van der Waals surface area contributed by atoms with Gasteiger partial charge in [-0.3, -0.25) is 19.2 Å². The first kappa shape index (κ1) is 28.5. The van der Waals surface area contributed by atoms with Crippen LogP contribution in [-0.2, 0) is 30.4 Å². The van der Waals surface area contributed by atoms with E-state index in [1.54, 1.807) is 13.8 Å². The number of hydrogen-bond donors (Lipinski definition) is 8. The number of carboxylic acid groups (broad SMARTS) is 2. The third-order valence-corrected chi connectivity index (χ3v) is 4.76. The molecule has 0 saturated heterocycles. The molecular weight excluding hydrogens is 452 g/mol. The monoisotopic (exact) mass is 484 g/mol. The normalized spacial score (nSPS) is 14.5. The molecule has 190 valence electrons. The topological polar surface area (TPSA) is 237 Å². The number of imidazole rings is 1. The number of aromatic amines is 1. The van der Waals surface area contributed by atoms with Gasteiger partial charge in [-0.1, -0.05) is 13.8 Å². The summed E-state index contributed by atoms with van der Waals surface area (Å²) >= 11 is 0. The number of H-pyrrole nitrogens is 1. The van der Waals surface area contributed by atoms with E-state index in [2.05, 4.69) is 25.9 Å². The maximum atomic E-state index is 13.0. The molecule has 9 N–H and O–H groups in total. The Labute approximate surface area is 195 Å². The molecule has 1 rings (SSSR count). The Bertz CT molecular complexity index is 844. The molecule has 14 nitrogen and oxygen atoms in total. The average molecular weight is 485 g/mol. The first-order chi connectivity index (χ1) is 15.9. The van der Waals surface area contributed by atoms with Gasteiger partial charge in [-0.25, -0.2) is 9.78 Å². The Morgan fingerprint density at radius 2 is 1.59 bits per heavy atom. The minimum atomic E-state index is -1.55. The van der Waals surface area contributed by atoms with Crippen molar-refractivity contribution in [3.63, 3.8) is 0 Å². The zero-order chi connectivity index (χ0) is 25.8. The number of aliphatic hydroxyl groups is 1. The highest BCUT2D eigenvalue weighted by molar-refractivity contribution is 5.94. The van der Waals surface area contributed by atoms with Crippen LogP contribution in [0.1, 0.15) is 38.8 Å². The van der Waals surface area contributed by atoms with Crippen molar-refractivity contribution in [3.8, 4) is 0 Å². The zero-order valence-electron chi connectivity index (χ0n) is 19.0. The van der Waals surface area contributed by atoms with Crippen LogP contribution in [0.3, 0.4) is 0 Å². The maximum absolute atomic E-state index is 13.0. The van der Waals surface area contributed by atoms with Gasteiger partial charge in [0.25, 0.3) is 0 Å². The van der Waals surface area contributed by atoms with Crippen LogP contribution in [0.25, 0.3) is 0 Å². The molecule has 34 heavy (non-hydrogen) atoms. The molecule has 4 unspecified atom stereocenters. The number of hydrogen-bond acceptors (Lipinski definition) is 8. The molecule has 4 atom stereocenters. The zero-order valence-corrected chi connectivity index (χ0v) is 19.0. The van der Waals surface area contributed by atoms with Crippen molar-refractivity contribution in [2.75, 3.05) is 6.61 Å². The quantitative estimate of drug-likeness (QED) is 0.133. The first-order valence-electron chi connectivity index (χ1n) is 10.6. The second-order valence-corrected chi connectivity index (χ2v) is 8.15. The molecule has 0 radical (unpaired) electrons. The second kappa shape index (κ2) is 13.9. The van der Waals surface area contributed by atoms with Gasteiger partial charge in [0.15, 0.2) is 0 Å².